The van der Waals surface area contributed by atoms with Crippen molar-refractivity contribution in [3.8, 4) is 11.1 Å². The van der Waals surface area contributed by atoms with Crippen molar-refractivity contribution in [2.24, 2.45) is 5.73 Å². The van der Waals surface area contributed by atoms with E-state index in [-0.39, 0.29) is 17.9 Å². The van der Waals surface area contributed by atoms with E-state index in [9.17, 15) is 9.59 Å². The Morgan fingerprint density at radius 2 is 1.96 bits per heavy atom. The third-order valence-corrected chi connectivity index (χ3v) is 5.37. The first-order valence-corrected chi connectivity index (χ1v) is 9.12. The van der Waals surface area contributed by atoms with Gasteiger partial charge in [-0.2, -0.15) is 0 Å². The van der Waals surface area contributed by atoms with Gasteiger partial charge in [-0.05, 0) is 38.0 Å². The lowest BCUT2D eigenvalue weighted by atomic mass is 10.0. The summed E-state index contributed by atoms with van der Waals surface area (Å²) in [5.41, 5.74) is 6.95. The summed E-state index contributed by atoms with van der Waals surface area (Å²) in [7, 11) is 0. The number of nitrogens with zero attached hydrogens (tertiary/aromatic N) is 2. The van der Waals surface area contributed by atoms with E-state index in [1.165, 1.54) is 11.3 Å². The molecule has 0 unspecified atom stereocenters. The van der Waals surface area contributed by atoms with Gasteiger partial charge in [-0.15, -0.1) is 11.3 Å². The topological polar surface area (TPSA) is 78.0 Å². The second-order valence-corrected chi connectivity index (χ2v) is 7.55. The zero-order valence-corrected chi connectivity index (χ0v) is 15.6. The average molecular weight is 376 g/mol. The number of nitrogens with two attached hydrogens (primary N) is 1. The number of carbonyl (C=O) groups excluding carboxylic acids is 1. The Kier molecular flexibility index (Phi) is 4.92. The highest BCUT2D eigenvalue weighted by molar-refractivity contribution is 7.19. The van der Waals surface area contributed by atoms with Crippen LogP contribution in [0, 0.1) is 13.8 Å². The number of primary amides is 1. The summed E-state index contributed by atoms with van der Waals surface area (Å²) >= 11 is 7.49. The maximum absolute atomic E-state index is 13.1. The molecule has 0 atom stereocenters. The van der Waals surface area contributed by atoms with E-state index in [0.29, 0.717) is 29.2 Å². The van der Waals surface area contributed by atoms with E-state index in [1.807, 2.05) is 38.1 Å². The van der Waals surface area contributed by atoms with Crippen molar-refractivity contribution >= 4 is 39.1 Å². The number of fused-ring (bicyclic) bond motifs is 1. The molecule has 3 aromatic rings. The first kappa shape index (κ1) is 17.6. The van der Waals surface area contributed by atoms with Gasteiger partial charge in [0.05, 0.1) is 5.39 Å². The number of halogens is 1. The van der Waals surface area contributed by atoms with Crippen LogP contribution in [0.25, 0.3) is 21.3 Å². The van der Waals surface area contributed by atoms with Crippen LogP contribution < -0.4 is 11.3 Å². The minimum atomic E-state index is -0.368. The molecule has 3 rings (SSSR count). The molecule has 130 valence electrons. The zero-order valence-electron chi connectivity index (χ0n) is 14.0. The lowest BCUT2D eigenvalue weighted by Crippen LogP contribution is -2.24. The molecule has 0 saturated heterocycles. The monoisotopic (exact) mass is 375 g/mol. The third kappa shape index (κ3) is 3.45. The summed E-state index contributed by atoms with van der Waals surface area (Å²) in [6.45, 7) is 4.22. The predicted molar refractivity (Wildman–Crippen MR) is 102 cm³/mol. The van der Waals surface area contributed by atoms with Crippen molar-refractivity contribution in [2.75, 3.05) is 0 Å². The zero-order chi connectivity index (χ0) is 18.1. The normalized spacial score (nSPS) is 11.2. The summed E-state index contributed by atoms with van der Waals surface area (Å²) in [5.74, 6) is 0.277. The van der Waals surface area contributed by atoms with E-state index < -0.39 is 0 Å². The highest BCUT2D eigenvalue weighted by atomic mass is 35.5. The highest BCUT2D eigenvalue weighted by Gasteiger charge is 2.18. The molecule has 0 aliphatic carbocycles. The van der Waals surface area contributed by atoms with Crippen LogP contribution >= 0.6 is 22.9 Å². The molecule has 0 radical (unpaired) electrons. The molecule has 0 aliphatic rings. The number of thiophene rings is 1. The van der Waals surface area contributed by atoms with E-state index in [0.717, 1.165) is 20.8 Å². The second kappa shape index (κ2) is 6.98. The fourth-order valence-corrected chi connectivity index (χ4v) is 4.14. The van der Waals surface area contributed by atoms with Crippen LogP contribution in [0.4, 0.5) is 0 Å². The quantitative estimate of drug-likeness (QED) is 0.739. The Morgan fingerprint density at radius 1 is 1.28 bits per heavy atom. The number of rotatable bonds is 5. The van der Waals surface area contributed by atoms with Crippen molar-refractivity contribution in [3.63, 3.8) is 0 Å². The highest BCUT2D eigenvalue weighted by Crippen LogP contribution is 2.36. The van der Waals surface area contributed by atoms with Crippen LogP contribution in [-0.2, 0) is 11.3 Å². The lowest BCUT2D eigenvalue weighted by molar-refractivity contribution is -0.118. The molecule has 5 nitrogen and oxygen atoms in total. The van der Waals surface area contributed by atoms with Crippen LogP contribution in [0.1, 0.15) is 23.5 Å². The summed E-state index contributed by atoms with van der Waals surface area (Å²) in [6.07, 6.45) is 0.763. The van der Waals surface area contributed by atoms with Gasteiger partial charge in [-0.3, -0.25) is 14.2 Å². The van der Waals surface area contributed by atoms with Crippen LogP contribution in [0.2, 0.25) is 5.02 Å². The number of amides is 1. The van der Waals surface area contributed by atoms with Gasteiger partial charge >= 0.3 is 0 Å². The molecule has 1 amide bonds. The number of benzene rings is 1. The fourth-order valence-electron chi connectivity index (χ4n) is 2.94. The molecule has 0 fully saturated rings. The first-order chi connectivity index (χ1) is 11.9. The number of carbonyl (C=O) groups is 1. The molecule has 0 spiro atoms. The van der Waals surface area contributed by atoms with E-state index >= 15 is 0 Å². The predicted octanol–water partition coefficient (Wildman–Crippen LogP) is 3.66. The fraction of sp³-hybridized carbons (Fsp3) is 0.278. The van der Waals surface area contributed by atoms with Gasteiger partial charge in [0.15, 0.2) is 0 Å². The standard InChI is InChI=1S/C18H18ClN3O2S/c1-10-15(12-5-7-13(19)8-6-12)16-17(25-10)21-11(2)22(18(16)24)9-3-4-14(20)23/h5-8H,3-4,9H2,1-2H3,(H2,20,23). The van der Waals surface area contributed by atoms with Gasteiger partial charge in [-0.25, -0.2) is 4.98 Å². The van der Waals surface area contributed by atoms with Gasteiger partial charge in [0.25, 0.3) is 5.56 Å². The minimum Gasteiger partial charge on any atom is -0.370 e. The van der Waals surface area contributed by atoms with Gasteiger partial charge in [-0.1, -0.05) is 23.7 Å². The molecular formula is C18H18ClN3O2S. The summed E-state index contributed by atoms with van der Waals surface area (Å²) in [4.78, 5) is 30.4. The summed E-state index contributed by atoms with van der Waals surface area (Å²) < 4.78 is 1.62. The average Bonchev–Trinajstić information content (AvgIpc) is 2.87. The molecule has 2 aromatic heterocycles. The van der Waals surface area contributed by atoms with Gasteiger partial charge < -0.3 is 5.73 Å². The summed E-state index contributed by atoms with van der Waals surface area (Å²) in [5, 5.41) is 1.27. The maximum Gasteiger partial charge on any atom is 0.262 e. The van der Waals surface area contributed by atoms with Crippen molar-refractivity contribution < 1.29 is 4.79 Å². The van der Waals surface area contributed by atoms with Crippen molar-refractivity contribution in [1.29, 1.82) is 0 Å². The molecule has 2 heterocycles. The second-order valence-electron chi connectivity index (χ2n) is 5.91. The Balaban J connectivity index is 2.15. The SMILES string of the molecule is Cc1sc2nc(C)n(CCCC(N)=O)c(=O)c2c1-c1ccc(Cl)cc1. The smallest absolute Gasteiger partial charge is 0.262 e. The van der Waals surface area contributed by atoms with Crippen LogP contribution in [0.15, 0.2) is 29.1 Å². The molecular weight excluding hydrogens is 358 g/mol. The van der Waals surface area contributed by atoms with Crippen molar-refractivity contribution in [1.82, 2.24) is 9.55 Å². The Hall–Kier alpha value is -2.18. The van der Waals surface area contributed by atoms with E-state index in [2.05, 4.69) is 4.98 Å². The molecule has 0 aliphatic heterocycles. The summed E-state index contributed by atoms with van der Waals surface area (Å²) in [6, 6.07) is 7.45. The van der Waals surface area contributed by atoms with E-state index in [1.54, 1.807) is 4.57 Å². The molecule has 25 heavy (non-hydrogen) atoms. The van der Waals surface area contributed by atoms with Crippen LogP contribution in [0.3, 0.4) is 0 Å². The molecule has 2 N–H and O–H groups in total. The molecule has 7 heteroatoms. The lowest BCUT2D eigenvalue weighted by Gasteiger charge is -2.09. The van der Waals surface area contributed by atoms with Crippen molar-refractivity contribution in [2.45, 2.75) is 33.2 Å². The van der Waals surface area contributed by atoms with E-state index in [4.69, 9.17) is 17.3 Å². The number of hydrogen-bond donors (Lipinski definition) is 1. The number of aromatic nitrogens is 2. The van der Waals surface area contributed by atoms with Gasteiger partial charge in [0.1, 0.15) is 10.7 Å². The van der Waals surface area contributed by atoms with Crippen molar-refractivity contribution in [3.05, 3.63) is 50.3 Å². The maximum atomic E-state index is 13.1. The molecule has 0 saturated carbocycles. The third-order valence-electron chi connectivity index (χ3n) is 4.12. The Bertz CT molecular complexity index is 1010. The number of aryl methyl sites for hydroxylation is 2. The molecule has 0 bridgehead atoms. The Morgan fingerprint density at radius 3 is 2.60 bits per heavy atom. The van der Waals surface area contributed by atoms with Gasteiger partial charge in [0.2, 0.25) is 5.91 Å². The van der Waals surface area contributed by atoms with Crippen LogP contribution in [-0.4, -0.2) is 15.5 Å². The molecule has 1 aromatic carbocycles. The number of hydrogen-bond acceptors (Lipinski definition) is 4. The Labute approximate surface area is 154 Å². The minimum absolute atomic E-state index is 0.0822. The van der Waals surface area contributed by atoms with Crippen LogP contribution in [0.5, 0.6) is 0 Å². The largest absolute Gasteiger partial charge is 0.370 e. The van der Waals surface area contributed by atoms with Gasteiger partial charge in [0, 0.05) is 28.4 Å². The first-order valence-electron chi connectivity index (χ1n) is 7.93.